The normalized spacial score (nSPS) is 40.6. The van der Waals surface area contributed by atoms with Crippen molar-refractivity contribution in [2.24, 2.45) is 23.2 Å². The zero-order chi connectivity index (χ0) is 14.0. The first-order valence-corrected chi connectivity index (χ1v) is 8.67. The third-order valence-electron chi connectivity index (χ3n) is 6.15. The molecule has 3 unspecified atom stereocenters. The van der Waals surface area contributed by atoms with Crippen molar-refractivity contribution in [3.63, 3.8) is 0 Å². The largest absolute Gasteiger partial charge is 0.311 e. The van der Waals surface area contributed by atoms with Crippen molar-refractivity contribution in [1.82, 2.24) is 5.32 Å². The van der Waals surface area contributed by atoms with Crippen LogP contribution in [0.2, 0.25) is 0 Å². The molecule has 2 saturated carbocycles. The standard InChI is InChI=1S/C18H35N/c1-6-14-7-12-17(13(14)2)19-16-10-8-15(9-11-16)18(3,4)5/h13-17,19H,6-12H2,1-5H3. The second kappa shape index (κ2) is 6.16. The lowest BCUT2D eigenvalue weighted by molar-refractivity contribution is 0.152. The van der Waals surface area contributed by atoms with Gasteiger partial charge in [0.05, 0.1) is 0 Å². The van der Waals surface area contributed by atoms with Gasteiger partial charge in [-0.1, -0.05) is 41.0 Å². The Morgan fingerprint density at radius 1 is 0.947 bits per heavy atom. The molecule has 1 heteroatoms. The van der Waals surface area contributed by atoms with Gasteiger partial charge in [-0.15, -0.1) is 0 Å². The van der Waals surface area contributed by atoms with Crippen LogP contribution in [0.25, 0.3) is 0 Å². The Morgan fingerprint density at radius 3 is 2.05 bits per heavy atom. The fourth-order valence-corrected chi connectivity index (χ4v) is 4.49. The van der Waals surface area contributed by atoms with E-state index in [4.69, 9.17) is 0 Å². The van der Waals surface area contributed by atoms with Gasteiger partial charge in [-0.2, -0.15) is 0 Å². The SMILES string of the molecule is CCC1CCC(NC2CCC(C(C)(C)C)CC2)C1C. The average molecular weight is 265 g/mol. The van der Waals surface area contributed by atoms with E-state index >= 15 is 0 Å². The predicted molar refractivity (Wildman–Crippen MR) is 84.3 cm³/mol. The third-order valence-corrected chi connectivity index (χ3v) is 6.15. The highest BCUT2D eigenvalue weighted by Crippen LogP contribution is 2.39. The third kappa shape index (κ3) is 3.74. The molecule has 0 aromatic carbocycles. The summed E-state index contributed by atoms with van der Waals surface area (Å²) in [6.45, 7) is 12.1. The van der Waals surface area contributed by atoms with Crippen molar-refractivity contribution in [3.8, 4) is 0 Å². The molecule has 0 aromatic rings. The molecule has 1 nitrogen and oxygen atoms in total. The van der Waals surface area contributed by atoms with Crippen molar-refractivity contribution in [2.45, 2.75) is 91.6 Å². The van der Waals surface area contributed by atoms with Crippen LogP contribution in [0.1, 0.15) is 79.6 Å². The summed E-state index contributed by atoms with van der Waals surface area (Å²) in [6.07, 6.45) is 9.91. The van der Waals surface area contributed by atoms with Crippen LogP contribution in [0.5, 0.6) is 0 Å². The summed E-state index contributed by atoms with van der Waals surface area (Å²) >= 11 is 0. The van der Waals surface area contributed by atoms with Crippen LogP contribution >= 0.6 is 0 Å². The van der Waals surface area contributed by atoms with Crippen LogP contribution in [0.4, 0.5) is 0 Å². The van der Waals surface area contributed by atoms with Gasteiger partial charge < -0.3 is 5.32 Å². The smallest absolute Gasteiger partial charge is 0.00980 e. The molecule has 0 amide bonds. The molecule has 0 bridgehead atoms. The van der Waals surface area contributed by atoms with E-state index in [0.29, 0.717) is 5.41 Å². The summed E-state index contributed by atoms with van der Waals surface area (Å²) in [5.41, 5.74) is 0.513. The summed E-state index contributed by atoms with van der Waals surface area (Å²) in [6, 6.07) is 1.61. The van der Waals surface area contributed by atoms with Gasteiger partial charge in [0.1, 0.15) is 0 Å². The van der Waals surface area contributed by atoms with Crippen molar-refractivity contribution in [1.29, 1.82) is 0 Å². The average Bonchev–Trinajstić information content (AvgIpc) is 2.70. The fraction of sp³-hybridized carbons (Fsp3) is 1.00. The minimum atomic E-state index is 0.513. The Bertz CT molecular complexity index is 270. The molecule has 2 aliphatic carbocycles. The molecule has 1 N–H and O–H groups in total. The van der Waals surface area contributed by atoms with Gasteiger partial charge in [0, 0.05) is 12.1 Å². The molecule has 3 atom stereocenters. The van der Waals surface area contributed by atoms with Crippen LogP contribution in [-0.4, -0.2) is 12.1 Å². The summed E-state index contributed by atoms with van der Waals surface area (Å²) in [7, 11) is 0. The Hall–Kier alpha value is -0.0400. The minimum Gasteiger partial charge on any atom is -0.311 e. The molecule has 0 heterocycles. The van der Waals surface area contributed by atoms with E-state index in [0.717, 1.165) is 29.8 Å². The molecular formula is C18H35N. The number of hydrogen-bond donors (Lipinski definition) is 1. The molecule has 0 aliphatic heterocycles. The first kappa shape index (κ1) is 15.4. The fourth-order valence-electron chi connectivity index (χ4n) is 4.49. The summed E-state index contributed by atoms with van der Waals surface area (Å²) in [5, 5.41) is 4.00. The van der Waals surface area contributed by atoms with Crippen molar-refractivity contribution in [2.75, 3.05) is 0 Å². The van der Waals surface area contributed by atoms with E-state index in [1.807, 2.05) is 0 Å². The molecule has 0 radical (unpaired) electrons. The number of nitrogens with one attached hydrogen (secondary N) is 1. The molecule has 2 aliphatic rings. The van der Waals surface area contributed by atoms with Crippen LogP contribution in [0.15, 0.2) is 0 Å². The number of hydrogen-bond acceptors (Lipinski definition) is 1. The van der Waals surface area contributed by atoms with E-state index in [1.165, 1.54) is 44.9 Å². The molecular weight excluding hydrogens is 230 g/mol. The van der Waals surface area contributed by atoms with Crippen LogP contribution in [0.3, 0.4) is 0 Å². The van der Waals surface area contributed by atoms with Crippen molar-refractivity contribution >= 4 is 0 Å². The molecule has 2 rings (SSSR count). The Labute approximate surface area is 120 Å². The van der Waals surface area contributed by atoms with Gasteiger partial charge in [0.25, 0.3) is 0 Å². The Morgan fingerprint density at radius 2 is 1.58 bits per heavy atom. The maximum atomic E-state index is 4.00. The summed E-state index contributed by atoms with van der Waals surface area (Å²) in [4.78, 5) is 0. The lowest BCUT2D eigenvalue weighted by Gasteiger charge is -2.38. The highest BCUT2D eigenvalue weighted by atomic mass is 15.0. The second-order valence-corrected chi connectivity index (χ2v) is 8.29. The monoisotopic (exact) mass is 265 g/mol. The van der Waals surface area contributed by atoms with E-state index in [-0.39, 0.29) is 0 Å². The highest BCUT2D eigenvalue weighted by molar-refractivity contribution is 4.90. The quantitative estimate of drug-likeness (QED) is 0.756. The zero-order valence-corrected chi connectivity index (χ0v) is 13.8. The van der Waals surface area contributed by atoms with E-state index in [9.17, 15) is 0 Å². The lowest BCUT2D eigenvalue weighted by Crippen LogP contribution is -2.43. The first-order valence-electron chi connectivity index (χ1n) is 8.67. The zero-order valence-electron chi connectivity index (χ0n) is 13.8. The summed E-state index contributed by atoms with van der Waals surface area (Å²) in [5.74, 6) is 2.81. The molecule has 112 valence electrons. The van der Waals surface area contributed by atoms with Crippen molar-refractivity contribution < 1.29 is 0 Å². The molecule has 0 spiro atoms. The molecule has 19 heavy (non-hydrogen) atoms. The molecule has 0 aromatic heterocycles. The van der Waals surface area contributed by atoms with Crippen molar-refractivity contribution in [3.05, 3.63) is 0 Å². The first-order chi connectivity index (χ1) is 8.91. The maximum Gasteiger partial charge on any atom is 0.00980 e. The van der Waals surface area contributed by atoms with Crippen LogP contribution in [0, 0.1) is 23.2 Å². The minimum absolute atomic E-state index is 0.513. The second-order valence-electron chi connectivity index (χ2n) is 8.29. The van der Waals surface area contributed by atoms with E-state index < -0.39 is 0 Å². The predicted octanol–water partition coefficient (Wildman–Crippen LogP) is 5.01. The topological polar surface area (TPSA) is 12.0 Å². The summed E-state index contributed by atoms with van der Waals surface area (Å²) < 4.78 is 0. The number of rotatable bonds is 3. The van der Waals surface area contributed by atoms with E-state index in [2.05, 4.69) is 39.9 Å². The van der Waals surface area contributed by atoms with Gasteiger partial charge >= 0.3 is 0 Å². The molecule has 0 saturated heterocycles. The van der Waals surface area contributed by atoms with Crippen LogP contribution < -0.4 is 5.32 Å². The van der Waals surface area contributed by atoms with Crippen LogP contribution in [-0.2, 0) is 0 Å². The lowest BCUT2D eigenvalue weighted by atomic mass is 9.71. The maximum absolute atomic E-state index is 4.00. The molecule has 2 fully saturated rings. The Kier molecular flexibility index (Phi) is 4.98. The van der Waals surface area contributed by atoms with Gasteiger partial charge in [-0.05, 0) is 61.7 Å². The highest BCUT2D eigenvalue weighted by Gasteiger charge is 2.35. The van der Waals surface area contributed by atoms with Gasteiger partial charge in [0.15, 0.2) is 0 Å². The van der Waals surface area contributed by atoms with E-state index in [1.54, 1.807) is 0 Å². The van der Waals surface area contributed by atoms with Gasteiger partial charge in [0.2, 0.25) is 0 Å². The van der Waals surface area contributed by atoms with Gasteiger partial charge in [-0.3, -0.25) is 0 Å². The van der Waals surface area contributed by atoms with Gasteiger partial charge in [-0.25, -0.2) is 0 Å². The Balaban J connectivity index is 1.77.